The zero-order valence-electron chi connectivity index (χ0n) is 48.5. The van der Waals surface area contributed by atoms with Crippen LogP contribution in [0.15, 0.2) is 88.5 Å². The minimum Gasteiger partial charge on any atom is -0.396 e. The van der Waals surface area contributed by atoms with Gasteiger partial charge in [-0.1, -0.05) is 67.5 Å². The fourth-order valence-corrected chi connectivity index (χ4v) is 9.42. The fourth-order valence-electron chi connectivity index (χ4n) is 9.42. The van der Waals surface area contributed by atoms with Crippen molar-refractivity contribution in [1.29, 1.82) is 0 Å². The van der Waals surface area contributed by atoms with E-state index in [1.54, 1.807) is 30.5 Å². The first-order valence-corrected chi connectivity index (χ1v) is 27.2. The number of hydrogen-bond donors (Lipinski definition) is 5. The number of nitrogens with zero attached hydrogens (tertiary/aromatic N) is 9. The van der Waals surface area contributed by atoms with Crippen LogP contribution in [0.1, 0.15) is 106 Å². The molecular formula is C60H84F4N14O. The van der Waals surface area contributed by atoms with Crippen LogP contribution in [0.3, 0.4) is 0 Å². The van der Waals surface area contributed by atoms with Gasteiger partial charge in [0.25, 0.3) is 0 Å². The third-order valence-corrected chi connectivity index (χ3v) is 13.5. The highest BCUT2D eigenvalue weighted by molar-refractivity contribution is 5.93. The Bertz CT molecular complexity index is 3020. The van der Waals surface area contributed by atoms with Crippen molar-refractivity contribution in [1.82, 2.24) is 44.5 Å². The Morgan fingerprint density at radius 2 is 1.35 bits per heavy atom. The Hall–Kier alpha value is -6.90. The van der Waals surface area contributed by atoms with E-state index in [1.807, 2.05) is 67.5 Å². The van der Waals surface area contributed by atoms with Crippen LogP contribution in [-0.2, 0) is 0 Å². The molecule has 0 unspecified atom stereocenters. The Morgan fingerprint density at radius 1 is 0.797 bits per heavy atom. The van der Waals surface area contributed by atoms with Gasteiger partial charge >= 0.3 is 0 Å². The molecule has 0 aliphatic carbocycles. The number of piperazine rings is 2. The first-order valence-electron chi connectivity index (χ1n) is 27.2. The largest absolute Gasteiger partial charge is 0.396 e. The van der Waals surface area contributed by atoms with Gasteiger partial charge in [-0.3, -0.25) is 19.7 Å². The highest BCUT2D eigenvalue weighted by atomic mass is 19.1. The summed E-state index contributed by atoms with van der Waals surface area (Å²) in [5.74, 6) is -1.44. The number of carbonyl (C=O) groups is 1. The summed E-state index contributed by atoms with van der Waals surface area (Å²) in [4.78, 5) is 46.9. The number of aromatic amines is 2. The molecular weight excluding hydrogens is 1010 g/mol. The number of nitrogens with two attached hydrogens (primary N) is 2. The standard InChI is InChI=1S/C28H38F2N6.C22H19F2N5O.C7H16N2.C2H6.CH5N/c1-6-35-10-12-36(13-11-35)18-21(16-32-5)8-7-9-33-17-25(30)27(31)22-14-23-26(19(2)3)20(4)34-28(23)24(29)15-22;1-11(2)19-12(3)27-21-15(19)6-14(7-16(21)23)20-17(24)9-26-22(29-20)28-18-5-4-13(10-30)8-25-18;1-3-9-6-4-8(2)5-7-9;2*1-2/h7-8,14-17,19,34H,5-6,9-13,18,31H2,1-4H3;4-11,27H,1-3H3,(H,25,26,28,29);3-7H2,1-2H3;1-2H3;2H2,1H3/b8-7-,21-16+,27-25+,33-17?;;;;. The third kappa shape index (κ3) is 18.1. The number of rotatable bonds is 16. The van der Waals surface area contributed by atoms with Crippen molar-refractivity contribution in [2.75, 3.05) is 97.9 Å². The van der Waals surface area contributed by atoms with Crippen molar-refractivity contribution in [3.63, 3.8) is 0 Å². The smallest absolute Gasteiger partial charge is 0.229 e. The van der Waals surface area contributed by atoms with E-state index in [0.29, 0.717) is 45.2 Å². The molecule has 7 N–H and O–H groups in total. The van der Waals surface area contributed by atoms with Crippen LogP contribution >= 0.6 is 0 Å². The van der Waals surface area contributed by atoms with Gasteiger partial charge in [-0.15, -0.1) is 0 Å². The van der Waals surface area contributed by atoms with Crippen molar-refractivity contribution >= 4 is 58.5 Å². The number of aryl methyl sites for hydroxylation is 2. The molecule has 4 aromatic heterocycles. The molecule has 2 aromatic carbocycles. The van der Waals surface area contributed by atoms with Crippen LogP contribution in [0.4, 0.5) is 29.3 Å². The van der Waals surface area contributed by atoms with Crippen LogP contribution in [-0.4, -0.2) is 156 Å². The molecule has 6 heterocycles. The Morgan fingerprint density at radius 3 is 1.89 bits per heavy atom. The summed E-state index contributed by atoms with van der Waals surface area (Å²) in [5.41, 5.74) is 17.0. The summed E-state index contributed by atoms with van der Waals surface area (Å²) < 4.78 is 58.8. The fraction of sp³-hybridized carbons (Fsp3) is 0.433. The van der Waals surface area contributed by atoms with E-state index < -0.39 is 23.3 Å². The number of allylic oxidation sites excluding steroid dienone is 1. The van der Waals surface area contributed by atoms with Crippen molar-refractivity contribution < 1.29 is 22.4 Å². The van der Waals surface area contributed by atoms with Crippen LogP contribution in [0.25, 0.3) is 38.8 Å². The quantitative estimate of drug-likeness (QED) is 0.0268. The molecule has 0 saturated carbocycles. The topological polar surface area (TPSA) is 189 Å². The number of nitrogens with one attached hydrogen (secondary N) is 3. The SMILES string of the molecule is C=N/C=C(\C=C/CN=C/C(F)=C(\N)c1cc(F)c2[nH]c(C)c(C(C)C)c2c1)CN1CCN(CC)CC1.CC.CCN1CCN(C)CC1.CN.Cc1[nH]c2c(F)cc(-c3nc(Nc4ccc(C=O)cn4)ncc3F)cc2c1C(C)C. The van der Waals surface area contributed by atoms with Gasteiger partial charge in [-0.25, -0.2) is 32.5 Å². The van der Waals surface area contributed by atoms with Crippen molar-refractivity contribution in [2.45, 2.75) is 81.1 Å². The molecule has 79 heavy (non-hydrogen) atoms. The minimum absolute atomic E-state index is 0.0219. The van der Waals surface area contributed by atoms with Crippen molar-refractivity contribution in [3.8, 4) is 11.3 Å². The Labute approximate surface area is 465 Å². The number of aldehydes is 1. The molecule has 15 nitrogen and oxygen atoms in total. The zero-order chi connectivity index (χ0) is 58.3. The van der Waals surface area contributed by atoms with Crippen molar-refractivity contribution in [3.05, 3.63) is 130 Å². The Kier molecular flexibility index (Phi) is 26.4. The number of halogens is 4. The second-order valence-corrected chi connectivity index (χ2v) is 19.5. The molecule has 0 atom stereocenters. The van der Waals surface area contributed by atoms with Crippen LogP contribution in [0, 0.1) is 31.3 Å². The lowest BCUT2D eigenvalue weighted by molar-refractivity contribution is 0.112. The number of likely N-dealkylation sites (N-methyl/N-ethyl adjacent to an activating group) is 3. The van der Waals surface area contributed by atoms with Gasteiger partial charge in [0.2, 0.25) is 5.95 Å². The molecule has 19 heteroatoms. The predicted octanol–water partition coefficient (Wildman–Crippen LogP) is 11.3. The lowest BCUT2D eigenvalue weighted by Gasteiger charge is -2.34. The summed E-state index contributed by atoms with van der Waals surface area (Å²) in [7, 11) is 3.69. The number of carbonyl (C=O) groups excluding carboxylic acids is 1. The predicted molar refractivity (Wildman–Crippen MR) is 320 cm³/mol. The molecule has 2 fully saturated rings. The molecule has 2 saturated heterocycles. The monoisotopic (exact) mass is 1090 g/mol. The first kappa shape index (κ1) is 64.6. The lowest BCUT2D eigenvalue weighted by atomic mass is 9.98. The maximum atomic E-state index is 14.8. The summed E-state index contributed by atoms with van der Waals surface area (Å²) in [5, 5.41) is 4.29. The van der Waals surface area contributed by atoms with Gasteiger partial charge < -0.3 is 41.5 Å². The first-order chi connectivity index (χ1) is 37.9. The van der Waals surface area contributed by atoms with Crippen LogP contribution in [0.5, 0.6) is 0 Å². The molecule has 8 rings (SSSR count). The van der Waals surface area contributed by atoms with Gasteiger partial charge in [0.1, 0.15) is 23.1 Å². The zero-order valence-corrected chi connectivity index (χ0v) is 48.5. The lowest BCUT2D eigenvalue weighted by Crippen LogP contribution is -2.46. The number of aliphatic imine (C=N–C) groups is 2. The molecule has 428 valence electrons. The van der Waals surface area contributed by atoms with Gasteiger partial charge in [0.05, 0.1) is 35.7 Å². The highest BCUT2D eigenvalue weighted by Crippen LogP contribution is 2.35. The molecule has 0 bridgehead atoms. The second-order valence-electron chi connectivity index (χ2n) is 19.5. The third-order valence-electron chi connectivity index (χ3n) is 13.5. The van der Waals surface area contributed by atoms with E-state index in [4.69, 9.17) is 5.73 Å². The van der Waals surface area contributed by atoms with E-state index >= 15 is 0 Å². The molecule has 0 amide bonds. The number of aromatic nitrogens is 5. The second kappa shape index (κ2) is 32.2. The van der Waals surface area contributed by atoms with Gasteiger partial charge in [0, 0.05) is 110 Å². The Balaban J connectivity index is 0.000000281. The van der Waals surface area contributed by atoms with E-state index in [9.17, 15) is 22.4 Å². The summed E-state index contributed by atoms with van der Waals surface area (Å²) >= 11 is 0. The van der Waals surface area contributed by atoms with Crippen LogP contribution in [0.2, 0.25) is 0 Å². The van der Waals surface area contributed by atoms with E-state index in [-0.39, 0.29) is 35.7 Å². The van der Waals surface area contributed by atoms with E-state index in [1.165, 1.54) is 58.1 Å². The average molecular weight is 1090 g/mol. The summed E-state index contributed by atoms with van der Waals surface area (Å²) in [6.45, 7) is 36.4. The molecule has 2 aliphatic rings. The number of H-pyrrole nitrogens is 2. The summed E-state index contributed by atoms with van der Waals surface area (Å²) in [6, 6.07) is 9.15. The number of fused-ring (bicyclic) bond motifs is 2. The van der Waals surface area contributed by atoms with Gasteiger partial charge in [0.15, 0.2) is 17.9 Å². The van der Waals surface area contributed by atoms with Gasteiger partial charge in [-0.2, -0.15) is 0 Å². The van der Waals surface area contributed by atoms with E-state index in [2.05, 4.69) is 93.2 Å². The van der Waals surface area contributed by atoms with Crippen LogP contribution < -0.4 is 16.8 Å². The normalized spacial score (nSPS) is 15.1. The molecule has 0 spiro atoms. The minimum atomic E-state index is -0.696. The number of anilines is 2. The number of benzene rings is 2. The molecule has 2 aliphatic heterocycles. The average Bonchev–Trinajstić information content (AvgIpc) is 4.08. The number of pyridine rings is 1. The van der Waals surface area contributed by atoms with Crippen molar-refractivity contribution in [2.24, 2.45) is 21.5 Å². The molecule has 6 aromatic rings. The number of hydrogen-bond acceptors (Lipinski definition) is 13. The van der Waals surface area contributed by atoms with E-state index in [0.717, 1.165) is 85.2 Å². The maximum Gasteiger partial charge on any atom is 0.229 e. The molecule has 0 radical (unpaired) electrons. The maximum absolute atomic E-state index is 14.8. The highest BCUT2D eigenvalue weighted by Gasteiger charge is 2.21. The van der Waals surface area contributed by atoms with Gasteiger partial charge in [-0.05, 0) is 113 Å². The summed E-state index contributed by atoms with van der Waals surface area (Å²) in [6.07, 6.45) is 9.72.